The van der Waals surface area contributed by atoms with Crippen molar-refractivity contribution in [2.75, 3.05) is 0 Å². The van der Waals surface area contributed by atoms with Crippen molar-refractivity contribution in [3.8, 4) is 10.6 Å². The topological polar surface area (TPSA) is 46.0 Å². The molecule has 1 heterocycles. The Morgan fingerprint density at radius 3 is 2.50 bits per heavy atom. The van der Waals surface area contributed by atoms with Crippen LogP contribution in [-0.4, -0.2) is 15.3 Å². The summed E-state index contributed by atoms with van der Waals surface area (Å²) < 4.78 is 0. The molecule has 2 aromatic rings. The molecular weight excluding hydrogens is 196 g/mol. The van der Waals surface area contributed by atoms with Gasteiger partial charge in [0.2, 0.25) is 0 Å². The van der Waals surface area contributed by atoms with Gasteiger partial charge in [-0.3, -0.25) is 0 Å². The van der Waals surface area contributed by atoms with Crippen LogP contribution < -0.4 is 0 Å². The zero-order valence-electron chi connectivity index (χ0n) is 7.71. The molecule has 1 atom stereocenters. The smallest absolute Gasteiger partial charge is 0.147 e. The zero-order chi connectivity index (χ0) is 9.97. The molecule has 0 bridgehead atoms. The van der Waals surface area contributed by atoms with Gasteiger partial charge in [-0.05, 0) is 6.92 Å². The monoisotopic (exact) mass is 206 g/mol. The Bertz CT molecular complexity index is 411. The van der Waals surface area contributed by atoms with Crippen LogP contribution in [0.2, 0.25) is 0 Å². The molecule has 0 radical (unpaired) electrons. The molecule has 0 amide bonds. The fourth-order valence-electron chi connectivity index (χ4n) is 1.10. The summed E-state index contributed by atoms with van der Waals surface area (Å²) in [4.78, 5) is 0. The second kappa shape index (κ2) is 3.86. The molecule has 2 rings (SSSR count). The minimum Gasteiger partial charge on any atom is -0.386 e. The first-order valence-corrected chi connectivity index (χ1v) is 5.16. The second-order valence-corrected chi connectivity index (χ2v) is 4.00. The zero-order valence-corrected chi connectivity index (χ0v) is 8.53. The fraction of sp³-hybridized carbons (Fsp3) is 0.200. The van der Waals surface area contributed by atoms with Crippen LogP contribution in [0.5, 0.6) is 0 Å². The van der Waals surface area contributed by atoms with Crippen molar-refractivity contribution in [2.45, 2.75) is 13.0 Å². The Balaban J connectivity index is 2.34. The molecule has 72 valence electrons. The SMILES string of the molecule is CC(O)c1nnc(-c2ccccc2)s1. The molecule has 1 aromatic carbocycles. The van der Waals surface area contributed by atoms with E-state index in [1.165, 1.54) is 11.3 Å². The Hall–Kier alpha value is -1.26. The fourth-order valence-corrected chi connectivity index (χ4v) is 1.89. The molecule has 0 saturated carbocycles. The Labute approximate surface area is 86.1 Å². The minimum absolute atomic E-state index is 0.537. The van der Waals surface area contributed by atoms with E-state index < -0.39 is 6.10 Å². The third-order valence-corrected chi connectivity index (χ3v) is 2.96. The molecule has 3 nitrogen and oxygen atoms in total. The lowest BCUT2D eigenvalue weighted by Crippen LogP contribution is -1.88. The summed E-state index contributed by atoms with van der Waals surface area (Å²) in [6, 6.07) is 9.83. The lowest BCUT2D eigenvalue weighted by atomic mass is 10.2. The predicted octanol–water partition coefficient (Wildman–Crippen LogP) is 2.26. The first-order chi connectivity index (χ1) is 6.77. The number of rotatable bonds is 2. The molecule has 0 saturated heterocycles. The van der Waals surface area contributed by atoms with Crippen molar-refractivity contribution < 1.29 is 5.11 Å². The van der Waals surface area contributed by atoms with E-state index in [2.05, 4.69) is 10.2 Å². The number of hydrogen-bond acceptors (Lipinski definition) is 4. The van der Waals surface area contributed by atoms with Gasteiger partial charge in [0.05, 0.1) is 0 Å². The normalized spacial score (nSPS) is 12.7. The molecule has 1 unspecified atom stereocenters. The van der Waals surface area contributed by atoms with Crippen LogP contribution in [0.3, 0.4) is 0 Å². The molecule has 0 aliphatic rings. The summed E-state index contributed by atoms with van der Waals surface area (Å²) in [5, 5.41) is 18.7. The maximum Gasteiger partial charge on any atom is 0.147 e. The molecule has 0 spiro atoms. The number of hydrogen-bond donors (Lipinski definition) is 1. The van der Waals surface area contributed by atoms with Crippen molar-refractivity contribution in [1.82, 2.24) is 10.2 Å². The van der Waals surface area contributed by atoms with Crippen LogP contribution >= 0.6 is 11.3 Å². The molecule has 0 aliphatic heterocycles. The van der Waals surface area contributed by atoms with Gasteiger partial charge in [0, 0.05) is 5.56 Å². The van der Waals surface area contributed by atoms with Gasteiger partial charge in [-0.25, -0.2) is 0 Å². The van der Waals surface area contributed by atoms with E-state index in [9.17, 15) is 5.11 Å². The lowest BCUT2D eigenvalue weighted by Gasteiger charge is -1.94. The van der Waals surface area contributed by atoms with Crippen LogP contribution in [0.4, 0.5) is 0 Å². The van der Waals surface area contributed by atoms with Crippen molar-refractivity contribution in [1.29, 1.82) is 0 Å². The van der Waals surface area contributed by atoms with Crippen LogP contribution in [-0.2, 0) is 0 Å². The third-order valence-electron chi connectivity index (χ3n) is 1.82. The first-order valence-electron chi connectivity index (χ1n) is 4.34. The quantitative estimate of drug-likeness (QED) is 0.819. The highest BCUT2D eigenvalue weighted by molar-refractivity contribution is 7.14. The maximum atomic E-state index is 9.29. The van der Waals surface area contributed by atoms with E-state index in [4.69, 9.17) is 0 Å². The largest absolute Gasteiger partial charge is 0.386 e. The molecule has 1 aromatic heterocycles. The minimum atomic E-state index is -0.537. The van der Waals surface area contributed by atoms with E-state index in [1.807, 2.05) is 30.3 Å². The summed E-state index contributed by atoms with van der Waals surface area (Å²) in [5.41, 5.74) is 1.04. The lowest BCUT2D eigenvalue weighted by molar-refractivity contribution is 0.198. The molecule has 1 N–H and O–H groups in total. The van der Waals surface area contributed by atoms with Gasteiger partial charge in [0.15, 0.2) is 0 Å². The number of nitrogens with zero attached hydrogens (tertiary/aromatic N) is 2. The van der Waals surface area contributed by atoms with E-state index >= 15 is 0 Å². The highest BCUT2D eigenvalue weighted by Gasteiger charge is 2.09. The average Bonchev–Trinajstić information content (AvgIpc) is 2.68. The van der Waals surface area contributed by atoms with Crippen molar-refractivity contribution in [3.63, 3.8) is 0 Å². The molecule has 0 fully saturated rings. The van der Waals surface area contributed by atoms with E-state index in [1.54, 1.807) is 6.92 Å². The van der Waals surface area contributed by atoms with Gasteiger partial charge in [0.25, 0.3) is 0 Å². The highest BCUT2D eigenvalue weighted by atomic mass is 32.1. The summed E-state index contributed by atoms with van der Waals surface area (Å²) in [7, 11) is 0. The molecule has 14 heavy (non-hydrogen) atoms. The van der Waals surface area contributed by atoms with Crippen LogP contribution in [0, 0.1) is 0 Å². The van der Waals surface area contributed by atoms with Crippen LogP contribution in [0.15, 0.2) is 30.3 Å². The van der Waals surface area contributed by atoms with E-state index in [0.717, 1.165) is 10.6 Å². The summed E-state index contributed by atoms with van der Waals surface area (Å²) in [5.74, 6) is 0. The Kier molecular flexibility index (Phi) is 2.56. The Morgan fingerprint density at radius 2 is 1.93 bits per heavy atom. The third kappa shape index (κ3) is 1.81. The summed E-state index contributed by atoms with van der Waals surface area (Å²) in [6.07, 6.45) is -0.537. The predicted molar refractivity (Wildman–Crippen MR) is 56.0 cm³/mol. The van der Waals surface area contributed by atoms with Crippen molar-refractivity contribution in [3.05, 3.63) is 35.3 Å². The molecular formula is C10H10N2OS. The summed E-state index contributed by atoms with van der Waals surface area (Å²) >= 11 is 1.42. The van der Waals surface area contributed by atoms with Gasteiger partial charge in [-0.15, -0.1) is 10.2 Å². The van der Waals surface area contributed by atoms with Crippen LogP contribution in [0.25, 0.3) is 10.6 Å². The van der Waals surface area contributed by atoms with Crippen molar-refractivity contribution >= 4 is 11.3 Å². The van der Waals surface area contributed by atoms with E-state index in [0.29, 0.717) is 5.01 Å². The van der Waals surface area contributed by atoms with Gasteiger partial charge in [-0.1, -0.05) is 41.7 Å². The van der Waals surface area contributed by atoms with Gasteiger partial charge < -0.3 is 5.11 Å². The Morgan fingerprint density at radius 1 is 1.21 bits per heavy atom. The average molecular weight is 206 g/mol. The number of aliphatic hydroxyl groups excluding tert-OH is 1. The first kappa shape index (κ1) is 9.30. The van der Waals surface area contributed by atoms with E-state index in [-0.39, 0.29) is 0 Å². The summed E-state index contributed by atoms with van der Waals surface area (Å²) in [6.45, 7) is 1.69. The van der Waals surface area contributed by atoms with Crippen molar-refractivity contribution in [2.24, 2.45) is 0 Å². The number of aliphatic hydroxyl groups is 1. The molecule has 4 heteroatoms. The maximum absolute atomic E-state index is 9.29. The number of aromatic nitrogens is 2. The number of benzene rings is 1. The second-order valence-electron chi connectivity index (χ2n) is 2.99. The standard InChI is InChI=1S/C10H10N2OS/c1-7(13)9-11-12-10(14-9)8-5-3-2-4-6-8/h2-7,13H,1H3. The van der Waals surface area contributed by atoms with Gasteiger partial charge in [-0.2, -0.15) is 0 Å². The molecule has 0 aliphatic carbocycles. The highest BCUT2D eigenvalue weighted by Crippen LogP contribution is 2.25. The van der Waals surface area contributed by atoms with Gasteiger partial charge in [0.1, 0.15) is 16.1 Å². The van der Waals surface area contributed by atoms with Crippen LogP contribution in [0.1, 0.15) is 18.0 Å². The van der Waals surface area contributed by atoms with Gasteiger partial charge >= 0.3 is 0 Å².